The van der Waals surface area contributed by atoms with Gasteiger partial charge in [-0.15, -0.1) is 10.2 Å². The zero-order valence-electron chi connectivity index (χ0n) is 10.1. The number of rotatable bonds is 4. The molecule has 0 aliphatic carbocycles. The first-order valence-corrected chi connectivity index (χ1v) is 5.89. The Balaban J connectivity index is 1.97. The van der Waals surface area contributed by atoms with E-state index in [4.69, 9.17) is 9.15 Å². The van der Waals surface area contributed by atoms with Crippen LogP contribution in [-0.4, -0.2) is 29.5 Å². The molecule has 0 amide bonds. The van der Waals surface area contributed by atoms with Gasteiger partial charge in [0.2, 0.25) is 11.8 Å². The minimum atomic E-state index is 0.150. The topological polar surface area (TPSA) is 60.2 Å². The third-order valence-corrected chi connectivity index (χ3v) is 2.74. The minimum Gasteiger partial charge on any atom is -0.423 e. The molecule has 2 heterocycles. The summed E-state index contributed by atoms with van der Waals surface area (Å²) >= 11 is 0. The summed E-state index contributed by atoms with van der Waals surface area (Å²) in [5, 5.41) is 11.5. The molecular weight excluding hydrogens is 206 g/mol. The average Bonchev–Trinajstić information content (AvgIpc) is 2.84. The van der Waals surface area contributed by atoms with E-state index in [1.165, 1.54) is 0 Å². The van der Waals surface area contributed by atoms with E-state index in [0.29, 0.717) is 11.8 Å². The highest BCUT2D eigenvalue weighted by atomic mass is 16.5. The number of ether oxygens (including phenoxy) is 1. The highest BCUT2D eigenvalue weighted by Gasteiger charge is 2.29. The molecule has 1 N–H and O–H groups in total. The zero-order chi connectivity index (χ0) is 11.5. The van der Waals surface area contributed by atoms with E-state index in [0.717, 1.165) is 19.6 Å². The van der Waals surface area contributed by atoms with Crippen molar-refractivity contribution in [2.24, 2.45) is 0 Å². The second-order valence-electron chi connectivity index (χ2n) is 4.41. The number of nitrogens with one attached hydrogen (secondary N) is 1. The summed E-state index contributed by atoms with van der Waals surface area (Å²) < 4.78 is 11.2. The van der Waals surface area contributed by atoms with Crippen LogP contribution in [-0.2, 0) is 4.74 Å². The van der Waals surface area contributed by atoms with Gasteiger partial charge in [0.15, 0.2) is 0 Å². The maximum Gasteiger partial charge on any atom is 0.233 e. The van der Waals surface area contributed by atoms with Crippen LogP contribution < -0.4 is 5.32 Å². The van der Waals surface area contributed by atoms with Crippen LogP contribution in [0.3, 0.4) is 0 Å². The quantitative estimate of drug-likeness (QED) is 0.844. The first kappa shape index (κ1) is 11.5. The third kappa shape index (κ3) is 2.41. The molecule has 1 aliphatic rings. The lowest BCUT2D eigenvalue weighted by Crippen LogP contribution is -2.17. The summed E-state index contributed by atoms with van der Waals surface area (Å²) in [5.41, 5.74) is 0. The van der Waals surface area contributed by atoms with Crippen molar-refractivity contribution >= 4 is 0 Å². The predicted molar refractivity (Wildman–Crippen MR) is 59.2 cm³/mol. The Morgan fingerprint density at radius 3 is 2.94 bits per heavy atom. The summed E-state index contributed by atoms with van der Waals surface area (Å²) in [6, 6.07) is 0.150. The number of aromatic nitrogens is 2. The first-order valence-electron chi connectivity index (χ1n) is 5.89. The Hall–Kier alpha value is -0.940. The van der Waals surface area contributed by atoms with Gasteiger partial charge in [0.05, 0.1) is 12.1 Å². The molecule has 0 bridgehead atoms. The van der Waals surface area contributed by atoms with Crippen LogP contribution in [0, 0.1) is 0 Å². The summed E-state index contributed by atoms with van der Waals surface area (Å²) in [4.78, 5) is 0. The number of hydrogen-bond donors (Lipinski definition) is 1. The lowest BCUT2D eigenvalue weighted by atomic mass is 10.2. The van der Waals surface area contributed by atoms with Crippen LogP contribution in [0.1, 0.15) is 50.9 Å². The zero-order valence-corrected chi connectivity index (χ0v) is 10.1. The van der Waals surface area contributed by atoms with Crippen LogP contribution in [0.4, 0.5) is 0 Å². The third-order valence-electron chi connectivity index (χ3n) is 2.74. The number of hydrogen-bond acceptors (Lipinski definition) is 5. The van der Waals surface area contributed by atoms with Gasteiger partial charge in [-0.05, 0) is 13.3 Å². The Morgan fingerprint density at radius 2 is 2.31 bits per heavy atom. The highest BCUT2D eigenvalue weighted by Crippen LogP contribution is 2.25. The second-order valence-corrected chi connectivity index (χ2v) is 4.41. The molecule has 1 aromatic rings. The highest BCUT2D eigenvalue weighted by molar-refractivity contribution is 4.97. The van der Waals surface area contributed by atoms with E-state index in [-0.39, 0.29) is 18.1 Å². The Morgan fingerprint density at radius 1 is 1.50 bits per heavy atom. The monoisotopic (exact) mass is 225 g/mol. The fraction of sp³-hybridized carbons (Fsp3) is 0.818. The molecular formula is C11H19N3O2. The average molecular weight is 225 g/mol. The molecule has 90 valence electrons. The maximum atomic E-state index is 5.62. The van der Waals surface area contributed by atoms with Crippen LogP contribution in [0.5, 0.6) is 0 Å². The van der Waals surface area contributed by atoms with Crippen molar-refractivity contribution in [2.75, 3.05) is 13.2 Å². The predicted octanol–water partition coefficient (Wildman–Crippen LogP) is 1.63. The molecule has 1 aromatic heterocycles. The molecule has 0 saturated carbocycles. The van der Waals surface area contributed by atoms with Gasteiger partial charge < -0.3 is 14.5 Å². The van der Waals surface area contributed by atoms with Gasteiger partial charge in [-0.1, -0.05) is 13.8 Å². The number of nitrogens with zero attached hydrogens (tertiary/aromatic N) is 2. The molecule has 5 heteroatoms. The van der Waals surface area contributed by atoms with Gasteiger partial charge in [-0.3, -0.25) is 0 Å². The van der Waals surface area contributed by atoms with Crippen molar-refractivity contribution in [3.63, 3.8) is 0 Å². The van der Waals surface area contributed by atoms with Crippen LogP contribution >= 0.6 is 0 Å². The summed E-state index contributed by atoms with van der Waals surface area (Å²) in [6.45, 7) is 7.71. The Kier molecular flexibility index (Phi) is 3.56. The summed E-state index contributed by atoms with van der Waals surface area (Å²) in [5.74, 6) is 1.67. The van der Waals surface area contributed by atoms with Crippen LogP contribution in [0.15, 0.2) is 4.42 Å². The van der Waals surface area contributed by atoms with Gasteiger partial charge in [-0.25, -0.2) is 0 Å². The summed E-state index contributed by atoms with van der Waals surface area (Å²) in [6.07, 6.45) is 1.18. The van der Waals surface area contributed by atoms with Gasteiger partial charge in [-0.2, -0.15) is 0 Å². The largest absolute Gasteiger partial charge is 0.423 e. The molecule has 1 fully saturated rings. The molecule has 16 heavy (non-hydrogen) atoms. The molecule has 2 atom stereocenters. The van der Waals surface area contributed by atoms with Crippen molar-refractivity contribution in [1.29, 1.82) is 0 Å². The van der Waals surface area contributed by atoms with Crippen LogP contribution in [0.2, 0.25) is 0 Å². The molecule has 1 saturated heterocycles. The van der Waals surface area contributed by atoms with Gasteiger partial charge in [0.1, 0.15) is 0 Å². The minimum absolute atomic E-state index is 0.150. The van der Waals surface area contributed by atoms with Crippen molar-refractivity contribution < 1.29 is 9.15 Å². The van der Waals surface area contributed by atoms with E-state index in [1.54, 1.807) is 0 Å². The fourth-order valence-electron chi connectivity index (χ4n) is 1.87. The molecule has 1 aliphatic heterocycles. The van der Waals surface area contributed by atoms with Gasteiger partial charge in [0.25, 0.3) is 0 Å². The molecule has 0 spiro atoms. The normalized spacial score (nSPS) is 25.5. The lowest BCUT2D eigenvalue weighted by Gasteiger charge is -2.07. The van der Waals surface area contributed by atoms with Gasteiger partial charge in [0, 0.05) is 19.1 Å². The molecule has 2 rings (SSSR count). The standard InChI is InChI=1S/C11H19N3O2/c1-4-15-8-5-9(12-6-8)11-14-13-10(16-11)7(2)3/h7-9,12H,4-6H2,1-3H3/t8-,9-/m1/s1. The van der Waals surface area contributed by atoms with E-state index < -0.39 is 0 Å². The lowest BCUT2D eigenvalue weighted by molar-refractivity contribution is 0.0751. The van der Waals surface area contributed by atoms with Gasteiger partial charge >= 0.3 is 0 Å². The Bertz CT molecular complexity index is 338. The molecule has 0 unspecified atom stereocenters. The summed E-state index contributed by atoms with van der Waals surface area (Å²) in [7, 11) is 0. The van der Waals surface area contributed by atoms with E-state index in [2.05, 4.69) is 15.5 Å². The van der Waals surface area contributed by atoms with E-state index in [9.17, 15) is 0 Å². The van der Waals surface area contributed by atoms with Crippen LogP contribution in [0.25, 0.3) is 0 Å². The Labute approximate surface area is 95.6 Å². The molecule has 0 radical (unpaired) electrons. The second kappa shape index (κ2) is 4.93. The smallest absolute Gasteiger partial charge is 0.233 e. The first-order chi connectivity index (χ1) is 7.70. The molecule has 5 nitrogen and oxygen atoms in total. The van der Waals surface area contributed by atoms with E-state index >= 15 is 0 Å². The van der Waals surface area contributed by atoms with Crippen molar-refractivity contribution in [3.8, 4) is 0 Å². The van der Waals surface area contributed by atoms with Crippen molar-refractivity contribution in [2.45, 2.75) is 45.3 Å². The SMILES string of the molecule is CCO[C@H]1CN[C@@H](c2nnc(C(C)C)o2)C1. The van der Waals surface area contributed by atoms with Crippen molar-refractivity contribution in [1.82, 2.24) is 15.5 Å². The van der Waals surface area contributed by atoms with Crippen molar-refractivity contribution in [3.05, 3.63) is 11.8 Å². The fourth-order valence-corrected chi connectivity index (χ4v) is 1.87. The van der Waals surface area contributed by atoms with E-state index in [1.807, 2.05) is 20.8 Å². The molecule has 0 aromatic carbocycles. The maximum absolute atomic E-state index is 5.62.